The number of rotatable bonds is 3. The van der Waals surface area contributed by atoms with E-state index in [0.29, 0.717) is 0 Å². The molecule has 3 atom stereocenters. The standard InChI is InChI=1S/C19H35N3/c1-16-6-4-7-17(2)19(16)15-21-10-12-22(13-11-21)18-8-5-9-20(3)14-18/h6,17-19H,4-5,7-15H2,1-3H3/t17-,18-,19+/m0/s1. The molecule has 0 unspecified atom stereocenters. The molecule has 0 aromatic rings. The third kappa shape index (κ3) is 3.93. The summed E-state index contributed by atoms with van der Waals surface area (Å²) in [6, 6.07) is 0.816. The second-order valence-corrected chi connectivity index (χ2v) is 8.00. The van der Waals surface area contributed by atoms with Crippen LogP contribution in [0.25, 0.3) is 0 Å². The molecule has 126 valence electrons. The molecular weight excluding hydrogens is 270 g/mol. The second-order valence-electron chi connectivity index (χ2n) is 8.00. The van der Waals surface area contributed by atoms with Gasteiger partial charge in [-0.1, -0.05) is 18.6 Å². The topological polar surface area (TPSA) is 9.72 Å². The highest BCUT2D eigenvalue weighted by atomic mass is 15.3. The average Bonchev–Trinajstić information content (AvgIpc) is 2.52. The lowest BCUT2D eigenvalue weighted by Crippen LogP contribution is -2.55. The summed E-state index contributed by atoms with van der Waals surface area (Å²) in [5.41, 5.74) is 1.65. The van der Waals surface area contributed by atoms with E-state index in [9.17, 15) is 0 Å². The molecule has 0 spiro atoms. The Morgan fingerprint density at radius 3 is 2.55 bits per heavy atom. The molecule has 2 saturated heterocycles. The van der Waals surface area contributed by atoms with E-state index < -0.39 is 0 Å². The Labute approximate surface area is 137 Å². The summed E-state index contributed by atoms with van der Waals surface area (Å²) in [5.74, 6) is 1.68. The quantitative estimate of drug-likeness (QED) is 0.742. The Hall–Kier alpha value is -0.380. The van der Waals surface area contributed by atoms with E-state index in [-0.39, 0.29) is 0 Å². The summed E-state index contributed by atoms with van der Waals surface area (Å²) < 4.78 is 0. The zero-order valence-electron chi connectivity index (χ0n) is 14.9. The summed E-state index contributed by atoms with van der Waals surface area (Å²) >= 11 is 0. The molecule has 0 amide bonds. The van der Waals surface area contributed by atoms with Crippen molar-refractivity contribution in [2.24, 2.45) is 11.8 Å². The molecule has 3 nitrogen and oxygen atoms in total. The van der Waals surface area contributed by atoms with Gasteiger partial charge in [-0.25, -0.2) is 0 Å². The molecule has 2 heterocycles. The molecule has 2 fully saturated rings. The van der Waals surface area contributed by atoms with Crippen molar-refractivity contribution in [2.75, 3.05) is 52.9 Å². The molecule has 0 radical (unpaired) electrons. The maximum atomic E-state index is 2.76. The third-order valence-electron chi connectivity index (χ3n) is 6.34. The molecule has 1 aliphatic carbocycles. The van der Waals surface area contributed by atoms with Gasteiger partial charge in [-0.05, 0) is 58.0 Å². The molecule has 22 heavy (non-hydrogen) atoms. The van der Waals surface area contributed by atoms with Crippen LogP contribution in [0.15, 0.2) is 11.6 Å². The van der Waals surface area contributed by atoms with Crippen molar-refractivity contribution in [3.8, 4) is 0 Å². The minimum atomic E-state index is 0.807. The van der Waals surface area contributed by atoms with Crippen LogP contribution in [0.1, 0.15) is 39.5 Å². The first kappa shape index (κ1) is 16.5. The molecule has 0 aromatic heterocycles. The molecular formula is C19H35N3. The molecule has 0 saturated carbocycles. The van der Waals surface area contributed by atoms with Gasteiger partial charge in [0.15, 0.2) is 0 Å². The van der Waals surface area contributed by atoms with Gasteiger partial charge in [0.1, 0.15) is 0 Å². The maximum Gasteiger partial charge on any atom is 0.0224 e. The van der Waals surface area contributed by atoms with E-state index in [1.807, 2.05) is 0 Å². The number of hydrogen-bond acceptors (Lipinski definition) is 3. The Morgan fingerprint density at radius 2 is 1.86 bits per heavy atom. The Balaban J connectivity index is 1.47. The van der Waals surface area contributed by atoms with Crippen molar-refractivity contribution in [3.63, 3.8) is 0 Å². The van der Waals surface area contributed by atoms with Gasteiger partial charge in [-0.2, -0.15) is 0 Å². The lowest BCUT2D eigenvalue weighted by atomic mass is 9.79. The molecule has 0 aromatic carbocycles. The van der Waals surface area contributed by atoms with Crippen LogP contribution in [-0.2, 0) is 0 Å². The highest BCUT2D eigenvalue weighted by molar-refractivity contribution is 5.09. The van der Waals surface area contributed by atoms with Crippen LogP contribution in [-0.4, -0.2) is 73.6 Å². The van der Waals surface area contributed by atoms with Crippen LogP contribution in [0.2, 0.25) is 0 Å². The van der Waals surface area contributed by atoms with Gasteiger partial charge in [0.05, 0.1) is 0 Å². The van der Waals surface area contributed by atoms with Gasteiger partial charge in [0, 0.05) is 45.3 Å². The average molecular weight is 306 g/mol. The number of hydrogen-bond donors (Lipinski definition) is 0. The highest BCUT2D eigenvalue weighted by Gasteiger charge is 2.29. The summed E-state index contributed by atoms with van der Waals surface area (Å²) in [4.78, 5) is 8.00. The third-order valence-corrected chi connectivity index (χ3v) is 6.34. The van der Waals surface area contributed by atoms with Crippen LogP contribution in [0.5, 0.6) is 0 Å². The van der Waals surface area contributed by atoms with E-state index >= 15 is 0 Å². The number of nitrogens with zero attached hydrogens (tertiary/aromatic N) is 3. The van der Waals surface area contributed by atoms with Crippen LogP contribution in [0, 0.1) is 11.8 Å². The van der Waals surface area contributed by atoms with Gasteiger partial charge in [-0.3, -0.25) is 4.90 Å². The first-order chi connectivity index (χ1) is 10.6. The zero-order chi connectivity index (χ0) is 15.5. The van der Waals surface area contributed by atoms with Crippen molar-refractivity contribution in [3.05, 3.63) is 11.6 Å². The number of likely N-dealkylation sites (tertiary alicyclic amines) is 1. The van der Waals surface area contributed by atoms with Crippen molar-refractivity contribution < 1.29 is 0 Å². The van der Waals surface area contributed by atoms with Crippen molar-refractivity contribution in [1.82, 2.24) is 14.7 Å². The predicted octanol–water partition coefficient (Wildman–Crippen LogP) is 2.69. The Kier molecular flexibility index (Phi) is 5.59. The summed E-state index contributed by atoms with van der Waals surface area (Å²) in [6.45, 7) is 13.8. The molecule has 0 bridgehead atoms. The van der Waals surface area contributed by atoms with Crippen molar-refractivity contribution in [1.29, 1.82) is 0 Å². The van der Waals surface area contributed by atoms with Crippen LogP contribution in [0.4, 0.5) is 0 Å². The summed E-state index contributed by atoms with van der Waals surface area (Å²) in [6.07, 6.45) is 7.96. The van der Waals surface area contributed by atoms with E-state index in [0.717, 1.165) is 17.9 Å². The van der Waals surface area contributed by atoms with E-state index in [1.54, 1.807) is 5.57 Å². The SMILES string of the molecule is CC1=CCC[C@H](C)[C@@H]1CN1CCN([C@H]2CCCN(C)C2)CC1. The molecule has 0 N–H and O–H groups in total. The fraction of sp³-hybridized carbons (Fsp3) is 0.895. The fourth-order valence-corrected chi connectivity index (χ4v) is 4.73. The van der Waals surface area contributed by atoms with E-state index in [4.69, 9.17) is 0 Å². The fourth-order valence-electron chi connectivity index (χ4n) is 4.73. The van der Waals surface area contributed by atoms with E-state index in [2.05, 4.69) is 41.7 Å². The second kappa shape index (κ2) is 7.46. The first-order valence-electron chi connectivity index (χ1n) is 9.45. The van der Waals surface area contributed by atoms with Gasteiger partial charge in [0.25, 0.3) is 0 Å². The monoisotopic (exact) mass is 305 g/mol. The highest BCUT2D eigenvalue weighted by Crippen LogP contribution is 2.31. The smallest absolute Gasteiger partial charge is 0.0224 e. The van der Waals surface area contributed by atoms with Gasteiger partial charge >= 0.3 is 0 Å². The molecule has 3 aliphatic rings. The predicted molar refractivity (Wildman–Crippen MR) is 94.2 cm³/mol. The minimum absolute atomic E-state index is 0.807. The number of piperidine rings is 1. The van der Waals surface area contributed by atoms with Gasteiger partial charge < -0.3 is 9.80 Å². The minimum Gasteiger partial charge on any atom is -0.305 e. The van der Waals surface area contributed by atoms with Crippen LogP contribution >= 0.6 is 0 Å². The lowest BCUT2D eigenvalue weighted by Gasteiger charge is -2.44. The summed E-state index contributed by atoms with van der Waals surface area (Å²) in [5, 5.41) is 0. The maximum absolute atomic E-state index is 2.76. The lowest BCUT2D eigenvalue weighted by molar-refractivity contribution is 0.0519. The molecule has 3 rings (SSSR count). The molecule has 3 heteroatoms. The van der Waals surface area contributed by atoms with Gasteiger partial charge in [0.2, 0.25) is 0 Å². The largest absolute Gasteiger partial charge is 0.305 e. The van der Waals surface area contributed by atoms with Crippen molar-refractivity contribution in [2.45, 2.75) is 45.6 Å². The number of allylic oxidation sites excluding steroid dienone is 1. The van der Waals surface area contributed by atoms with Crippen LogP contribution in [0.3, 0.4) is 0 Å². The zero-order valence-corrected chi connectivity index (χ0v) is 14.9. The summed E-state index contributed by atoms with van der Waals surface area (Å²) in [7, 11) is 2.28. The van der Waals surface area contributed by atoms with Crippen LogP contribution < -0.4 is 0 Å². The van der Waals surface area contributed by atoms with E-state index in [1.165, 1.54) is 71.5 Å². The normalized spacial score (nSPS) is 36.3. The Bertz CT molecular complexity index is 384. The number of likely N-dealkylation sites (N-methyl/N-ethyl adjacent to an activating group) is 1. The number of piperazine rings is 1. The van der Waals surface area contributed by atoms with Crippen molar-refractivity contribution >= 4 is 0 Å². The Morgan fingerprint density at radius 1 is 1.09 bits per heavy atom. The first-order valence-corrected chi connectivity index (χ1v) is 9.45. The van der Waals surface area contributed by atoms with Gasteiger partial charge in [-0.15, -0.1) is 0 Å². The molecule has 2 aliphatic heterocycles.